The average Bonchev–Trinajstić information content (AvgIpc) is 2.82. The molecule has 2 bridgehead atoms. The quantitative estimate of drug-likeness (QED) is 0.850. The summed E-state index contributed by atoms with van der Waals surface area (Å²) in [5, 5.41) is 0.402. The lowest BCUT2D eigenvalue weighted by molar-refractivity contribution is 0.118. The van der Waals surface area contributed by atoms with Gasteiger partial charge in [0.15, 0.2) is 0 Å². The van der Waals surface area contributed by atoms with Crippen molar-refractivity contribution in [3.63, 3.8) is 0 Å². The molecule has 0 amide bonds. The number of halogens is 1. The van der Waals surface area contributed by atoms with Gasteiger partial charge in [-0.25, -0.2) is 4.98 Å². The fourth-order valence-electron chi connectivity index (χ4n) is 4.40. The van der Waals surface area contributed by atoms with Crippen molar-refractivity contribution < 1.29 is 0 Å². The van der Waals surface area contributed by atoms with E-state index in [1.807, 2.05) is 0 Å². The molecule has 2 aromatic rings. The molecule has 1 aromatic heterocycles. The number of fused-ring (bicyclic) bond motifs is 2. The van der Waals surface area contributed by atoms with Crippen LogP contribution in [-0.2, 0) is 6.54 Å². The van der Waals surface area contributed by atoms with Crippen molar-refractivity contribution in [2.75, 3.05) is 17.7 Å². The molecule has 3 heterocycles. The molecule has 25 heavy (non-hydrogen) atoms. The van der Waals surface area contributed by atoms with Gasteiger partial charge in [-0.3, -0.25) is 4.90 Å². The summed E-state index contributed by atoms with van der Waals surface area (Å²) in [4.78, 5) is 13.2. The Labute approximate surface area is 153 Å². The highest BCUT2D eigenvalue weighted by atomic mass is 35.5. The first kappa shape index (κ1) is 16.6. The van der Waals surface area contributed by atoms with Gasteiger partial charge >= 0.3 is 0 Å². The Kier molecular flexibility index (Phi) is 4.52. The summed E-state index contributed by atoms with van der Waals surface area (Å²) in [6.45, 7) is 1.05. The first-order valence-corrected chi connectivity index (χ1v) is 9.30. The Morgan fingerprint density at radius 2 is 1.84 bits per heavy atom. The van der Waals surface area contributed by atoms with E-state index in [0.717, 1.165) is 25.2 Å². The van der Waals surface area contributed by atoms with Crippen molar-refractivity contribution in [3.8, 4) is 0 Å². The second-order valence-corrected chi connectivity index (χ2v) is 7.57. The molecule has 2 fully saturated rings. The molecule has 2 unspecified atom stereocenters. The molecular weight excluding hydrogens is 334 g/mol. The molecule has 6 heteroatoms. The maximum atomic E-state index is 6.05. The van der Waals surface area contributed by atoms with Gasteiger partial charge in [0.25, 0.3) is 0 Å². The van der Waals surface area contributed by atoms with Gasteiger partial charge in [-0.2, -0.15) is 4.98 Å². The van der Waals surface area contributed by atoms with E-state index >= 15 is 0 Å². The van der Waals surface area contributed by atoms with E-state index in [4.69, 9.17) is 17.3 Å². The lowest BCUT2D eigenvalue weighted by Gasteiger charge is -2.42. The number of hydrogen-bond acceptors (Lipinski definition) is 5. The minimum Gasteiger partial charge on any atom is -0.368 e. The predicted molar refractivity (Wildman–Crippen MR) is 102 cm³/mol. The number of hydrogen-bond donors (Lipinski definition) is 1. The summed E-state index contributed by atoms with van der Waals surface area (Å²) in [5.41, 5.74) is 7.16. The molecule has 0 radical (unpaired) electrons. The van der Waals surface area contributed by atoms with Crippen LogP contribution in [0.15, 0.2) is 36.4 Å². The molecule has 1 aromatic carbocycles. The van der Waals surface area contributed by atoms with Gasteiger partial charge in [0.1, 0.15) is 11.0 Å². The summed E-state index contributed by atoms with van der Waals surface area (Å²) in [6, 6.07) is 14.3. The highest BCUT2D eigenvalue weighted by Gasteiger charge is 2.41. The van der Waals surface area contributed by atoms with Crippen molar-refractivity contribution in [1.82, 2.24) is 14.9 Å². The molecule has 0 aliphatic carbocycles. The molecule has 0 saturated carbocycles. The van der Waals surface area contributed by atoms with Crippen LogP contribution in [-0.4, -0.2) is 40.0 Å². The molecule has 2 saturated heterocycles. The average molecular weight is 358 g/mol. The third-order valence-electron chi connectivity index (χ3n) is 5.68. The number of nitrogens with two attached hydrogens (primary N) is 1. The molecule has 5 nitrogen and oxygen atoms in total. The van der Waals surface area contributed by atoms with Crippen molar-refractivity contribution in [1.29, 1.82) is 0 Å². The van der Waals surface area contributed by atoms with Gasteiger partial charge < -0.3 is 10.6 Å². The van der Waals surface area contributed by atoms with Crippen molar-refractivity contribution in [2.45, 2.75) is 50.4 Å². The normalized spacial score (nSPS) is 25.9. The van der Waals surface area contributed by atoms with Crippen molar-refractivity contribution in [3.05, 3.63) is 47.1 Å². The van der Waals surface area contributed by atoms with Crippen LogP contribution in [0.2, 0.25) is 5.15 Å². The Hall–Kier alpha value is -1.85. The molecule has 2 N–H and O–H groups in total. The van der Waals surface area contributed by atoms with Gasteiger partial charge in [-0.05, 0) is 31.2 Å². The number of benzene rings is 1. The van der Waals surface area contributed by atoms with Crippen LogP contribution in [0.4, 0.5) is 11.8 Å². The summed E-state index contributed by atoms with van der Waals surface area (Å²) < 4.78 is 0. The number of nitrogens with zero attached hydrogens (tertiary/aromatic N) is 4. The van der Waals surface area contributed by atoms with Crippen LogP contribution < -0.4 is 10.6 Å². The van der Waals surface area contributed by atoms with Crippen LogP contribution in [0.5, 0.6) is 0 Å². The Morgan fingerprint density at radius 1 is 1.16 bits per heavy atom. The zero-order chi connectivity index (χ0) is 17.4. The summed E-state index contributed by atoms with van der Waals surface area (Å²) in [7, 11) is 2.09. The maximum Gasteiger partial charge on any atom is 0.223 e. The number of aromatic nitrogens is 2. The van der Waals surface area contributed by atoms with Gasteiger partial charge in [0.05, 0.1) is 0 Å². The summed E-state index contributed by atoms with van der Waals surface area (Å²) in [5.74, 6) is 1.05. The fraction of sp³-hybridized carbons (Fsp3) is 0.474. The zero-order valence-corrected chi connectivity index (χ0v) is 15.2. The van der Waals surface area contributed by atoms with Crippen LogP contribution in [0, 0.1) is 0 Å². The molecule has 2 atom stereocenters. The molecule has 2 aliphatic heterocycles. The molecule has 2 aliphatic rings. The SMILES string of the molecule is CN(c1cc(Cl)nc(N)n1)C1CC2CCC(C1)N2Cc1ccccc1. The third kappa shape index (κ3) is 3.44. The molecule has 132 valence electrons. The van der Waals surface area contributed by atoms with Gasteiger partial charge in [0.2, 0.25) is 5.95 Å². The molecule has 4 rings (SSSR count). The topological polar surface area (TPSA) is 58.3 Å². The lowest BCUT2D eigenvalue weighted by Crippen LogP contribution is -2.49. The van der Waals surface area contributed by atoms with Crippen LogP contribution in [0.1, 0.15) is 31.2 Å². The van der Waals surface area contributed by atoms with E-state index in [-0.39, 0.29) is 5.95 Å². The maximum absolute atomic E-state index is 6.05. The minimum absolute atomic E-state index is 0.235. The van der Waals surface area contributed by atoms with Gasteiger partial charge in [-0.15, -0.1) is 0 Å². The highest BCUT2D eigenvalue weighted by Crippen LogP contribution is 2.39. The smallest absolute Gasteiger partial charge is 0.223 e. The fourth-order valence-corrected chi connectivity index (χ4v) is 4.59. The standard InChI is InChI=1S/C19H24ClN5/c1-24(18-11-17(20)22-19(21)23-18)16-9-14-7-8-15(10-16)25(14)12-13-5-3-2-4-6-13/h2-6,11,14-16H,7-10,12H2,1H3,(H2,21,22,23). The molecule has 0 spiro atoms. The van der Waals surface area contributed by atoms with E-state index in [9.17, 15) is 0 Å². The van der Waals surface area contributed by atoms with Crippen LogP contribution in [0.25, 0.3) is 0 Å². The van der Waals surface area contributed by atoms with Gasteiger partial charge in [-0.1, -0.05) is 41.9 Å². The first-order chi connectivity index (χ1) is 12.1. The van der Waals surface area contributed by atoms with E-state index in [0.29, 0.717) is 23.3 Å². The van der Waals surface area contributed by atoms with E-state index < -0.39 is 0 Å². The largest absolute Gasteiger partial charge is 0.368 e. The predicted octanol–water partition coefficient (Wildman–Crippen LogP) is 3.34. The van der Waals surface area contributed by atoms with Crippen LogP contribution in [0.3, 0.4) is 0 Å². The number of rotatable bonds is 4. The monoisotopic (exact) mass is 357 g/mol. The van der Waals surface area contributed by atoms with E-state index in [1.165, 1.54) is 18.4 Å². The second-order valence-electron chi connectivity index (χ2n) is 7.19. The summed E-state index contributed by atoms with van der Waals surface area (Å²) in [6.07, 6.45) is 4.88. The van der Waals surface area contributed by atoms with Crippen LogP contribution >= 0.6 is 11.6 Å². The summed E-state index contributed by atoms with van der Waals surface area (Å²) >= 11 is 6.05. The van der Waals surface area contributed by atoms with Crippen molar-refractivity contribution >= 4 is 23.4 Å². The highest BCUT2D eigenvalue weighted by molar-refractivity contribution is 6.29. The Balaban J connectivity index is 1.47. The second kappa shape index (κ2) is 6.81. The number of piperidine rings is 1. The Bertz CT molecular complexity index is 704. The number of nitrogen functional groups attached to an aromatic ring is 1. The minimum atomic E-state index is 0.235. The van der Waals surface area contributed by atoms with E-state index in [1.54, 1.807) is 6.07 Å². The first-order valence-electron chi connectivity index (χ1n) is 8.92. The number of anilines is 2. The van der Waals surface area contributed by atoms with Gasteiger partial charge in [0, 0.05) is 37.8 Å². The third-order valence-corrected chi connectivity index (χ3v) is 5.87. The molecular formula is C19H24ClN5. The Morgan fingerprint density at radius 3 is 2.48 bits per heavy atom. The zero-order valence-electron chi connectivity index (χ0n) is 14.5. The van der Waals surface area contributed by atoms with E-state index in [2.05, 4.69) is 57.1 Å². The lowest BCUT2D eigenvalue weighted by atomic mass is 9.95. The van der Waals surface area contributed by atoms with Crippen molar-refractivity contribution in [2.24, 2.45) is 0 Å².